The fraction of sp³-hybridized carbons (Fsp3) is 0.692. The number of aromatic nitrogens is 2. The van der Waals surface area contributed by atoms with Gasteiger partial charge in [0.25, 0.3) is 0 Å². The highest BCUT2D eigenvalue weighted by Crippen LogP contribution is 2.29. The van der Waals surface area contributed by atoms with Crippen LogP contribution < -0.4 is 0 Å². The first-order valence-electron chi connectivity index (χ1n) is 6.03. The second-order valence-corrected chi connectivity index (χ2v) is 5.39. The number of hydrogen-bond donors (Lipinski definition) is 0. The molecule has 2 heterocycles. The molecule has 0 N–H and O–H groups in total. The molecule has 0 atom stereocenters. The van der Waals surface area contributed by atoms with Crippen molar-refractivity contribution < 1.29 is 0 Å². The highest BCUT2D eigenvalue weighted by Gasteiger charge is 2.31. The van der Waals surface area contributed by atoms with Crippen LogP contribution in [-0.4, -0.2) is 27.0 Å². The van der Waals surface area contributed by atoms with E-state index in [2.05, 4.69) is 34.8 Å². The Labute approximate surface area is 97.9 Å². The summed E-state index contributed by atoms with van der Waals surface area (Å²) in [4.78, 5) is 11.3. The quantitative estimate of drug-likeness (QED) is 0.765. The van der Waals surface area contributed by atoms with Crippen LogP contribution in [-0.2, 0) is 6.54 Å². The number of hydrogen-bond acceptors (Lipinski definition) is 3. The molecule has 1 saturated heterocycles. The van der Waals surface area contributed by atoms with Gasteiger partial charge in [-0.25, -0.2) is 9.97 Å². The molecule has 1 aromatic heterocycles. The lowest BCUT2D eigenvalue weighted by atomic mass is 10.0. The van der Waals surface area contributed by atoms with Crippen LogP contribution in [0.15, 0.2) is 6.07 Å². The minimum Gasteiger partial charge on any atom is -0.292 e. The van der Waals surface area contributed by atoms with Crippen LogP contribution in [0.2, 0.25) is 0 Å². The summed E-state index contributed by atoms with van der Waals surface area (Å²) in [5, 5.41) is 0. The standard InChI is InChI=1S/C13H21N3/c1-10-8-12(15-11(2)14-10)9-16-7-5-6-13(16,3)4/h8H,5-7,9H2,1-4H3. The summed E-state index contributed by atoms with van der Waals surface area (Å²) in [5.41, 5.74) is 2.55. The van der Waals surface area contributed by atoms with E-state index in [9.17, 15) is 0 Å². The summed E-state index contributed by atoms with van der Waals surface area (Å²) in [6.07, 6.45) is 2.59. The molecule has 1 aliphatic heterocycles. The van der Waals surface area contributed by atoms with Crippen molar-refractivity contribution >= 4 is 0 Å². The molecule has 0 saturated carbocycles. The Hall–Kier alpha value is -0.960. The van der Waals surface area contributed by atoms with Gasteiger partial charge < -0.3 is 0 Å². The molecule has 0 unspecified atom stereocenters. The Kier molecular flexibility index (Phi) is 2.98. The predicted molar refractivity (Wildman–Crippen MR) is 65.2 cm³/mol. The van der Waals surface area contributed by atoms with Gasteiger partial charge in [-0.1, -0.05) is 0 Å². The summed E-state index contributed by atoms with van der Waals surface area (Å²) < 4.78 is 0. The van der Waals surface area contributed by atoms with E-state index in [1.807, 2.05) is 13.8 Å². The first kappa shape index (κ1) is 11.5. The number of likely N-dealkylation sites (tertiary alicyclic amines) is 1. The molecule has 3 heteroatoms. The lowest BCUT2D eigenvalue weighted by Gasteiger charge is -2.31. The summed E-state index contributed by atoms with van der Waals surface area (Å²) in [5.74, 6) is 0.881. The van der Waals surface area contributed by atoms with Gasteiger partial charge in [-0.15, -0.1) is 0 Å². The van der Waals surface area contributed by atoms with Crippen molar-refractivity contribution in [3.05, 3.63) is 23.3 Å². The third-order valence-corrected chi connectivity index (χ3v) is 3.44. The van der Waals surface area contributed by atoms with Gasteiger partial charge in [0.05, 0.1) is 5.69 Å². The van der Waals surface area contributed by atoms with Crippen LogP contribution in [0.4, 0.5) is 0 Å². The fourth-order valence-corrected chi connectivity index (χ4v) is 2.53. The summed E-state index contributed by atoms with van der Waals surface area (Å²) in [6, 6.07) is 2.10. The van der Waals surface area contributed by atoms with Crippen LogP contribution in [0.3, 0.4) is 0 Å². The van der Waals surface area contributed by atoms with E-state index < -0.39 is 0 Å². The third kappa shape index (κ3) is 2.40. The maximum Gasteiger partial charge on any atom is 0.125 e. The predicted octanol–water partition coefficient (Wildman–Crippen LogP) is 2.47. The molecule has 16 heavy (non-hydrogen) atoms. The molecule has 1 fully saturated rings. The summed E-state index contributed by atoms with van der Waals surface area (Å²) in [6.45, 7) is 10.8. The average Bonchev–Trinajstić information content (AvgIpc) is 2.44. The van der Waals surface area contributed by atoms with Crippen molar-refractivity contribution in [2.45, 2.75) is 52.6 Å². The van der Waals surface area contributed by atoms with Gasteiger partial charge in [0.15, 0.2) is 0 Å². The molecular formula is C13H21N3. The molecule has 3 nitrogen and oxygen atoms in total. The zero-order valence-electron chi connectivity index (χ0n) is 10.7. The second-order valence-electron chi connectivity index (χ2n) is 5.39. The highest BCUT2D eigenvalue weighted by molar-refractivity contribution is 5.10. The molecule has 1 aromatic rings. The topological polar surface area (TPSA) is 29.0 Å². The molecule has 0 radical (unpaired) electrons. The molecule has 0 spiro atoms. The van der Waals surface area contributed by atoms with E-state index in [0.29, 0.717) is 5.54 Å². The third-order valence-electron chi connectivity index (χ3n) is 3.44. The van der Waals surface area contributed by atoms with E-state index in [4.69, 9.17) is 0 Å². The molecule has 2 rings (SSSR count). The van der Waals surface area contributed by atoms with Gasteiger partial charge in [-0.2, -0.15) is 0 Å². The van der Waals surface area contributed by atoms with E-state index in [0.717, 1.165) is 23.8 Å². The Balaban J connectivity index is 2.14. The molecular weight excluding hydrogens is 198 g/mol. The maximum absolute atomic E-state index is 4.51. The van der Waals surface area contributed by atoms with Crippen molar-refractivity contribution in [1.29, 1.82) is 0 Å². The Morgan fingerprint density at radius 3 is 2.62 bits per heavy atom. The van der Waals surface area contributed by atoms with Gasteiger partial charge >= 0.3 is 0 Å². The Bertz CT molecular complexity index is 365. The summed E-state index contributed by atoms with van der Waals surface area (Å²) in [7, 11) is 0. The second kappa shape index (κ2) is 4.13. The highest BCUT2D eigenvalue weighted by atomic mass is 15.2. The fourth-order valence-electron chi connectivity index (χ4n) is 2.53. The van der Waals surface area contributed by atoms with Crippen LogP contribution in [0.1, 0.15) is 43.9 Å². The van der Waals surface area contributed by atoms with Crippen LogP contribution in [0.5, 0.6) is 0 Å². The molecule has 0 aromatic carbocycles. The van der Waals surface area contributed by atoms with Crippen LogP contribution in [0.25, 0.3) is 0 Å². The minimum atomic E-state index is 0.326. The monoisotopic (exact) mass is 219 g/mol. The smallest absolute Gasteiger partial charge is 0.125 e. The van der Waals surface area contributed by atoms with Crippen LogP contribution in [0, 0.1) is 13.8 Å². The molecule has 1 aliphatic rings. The number of rotatable bonds is 2. The molecule has 0 amide bonds. The molecule has 0 bridgehead atoms. The molecule has 0 aliphatic carbocycles. The Morgan fingerprint density at radius 1 is 1.31 bits per heavy atom. The lowest BCUT2D eigenvalue weighted by molar-refractivity contribution is 0.164. The lowest BCUT2D eigenvalue weighted by Crippen LogP contribution is -2.37. The molecule has 88 valence electrons. The largest absolute Gasteiger partial charge is 0.292 e. The Morgan fingerprint density at radius 2 is 2.06 bits per heavy atom. The first-order chi connectivity index (χ1) is 7.47. The van der Waals surface area contributed by atoms with E-state index in [1.54, 1.807) is 0 Å². The van der Waals surface area contributed by atoms with Gasteiger partial charge in [-0.05, 0) is 53.1 Å². The van der Waals surface area contributed by atoms with Crippen molar-refractivity contribution in [3.63, 3.8) is 0 Å². The first-order valence-corrected chi connectivity index (χ1v) is 6.03. The van der Waals surface area contributed by atoms with Crippen molar-refractivity contribution in [3.8, 4) is 0 Å². The number of aryl methyl sites for hydroxylation is 2. The van der Waals surface area contributed by atoms with E-state index in [-0.39, 0.29) is 0 Å². The van der Waals surface area contributed by atoms with Gasteiger partial charge in [0.1, 0.15) is 5.82 Å². The van der Waals surface area contributed by atoms with Crippen LogP contribution >= 0.6 is 0 Å². The van der Waals surface area contributed by atoms with Gasteiger partial charge in [0, 0.05) is 17.8 Å². The normalized spacial score (nSPS) is 20.2. The number of nitrogens with zero attached hydrogens (tertiary/aromatic N) is 3. The van der Waals surface area contributed by atoms with E-state index >= 15 is 0 Å². The zero-order chi connectivity index (χ0) is 11.8. The zero-order valence-corrected chi connectivity index (χ0v) is 10.7. The van der Waals surface area contributed by atoms with Gasteiger partial charge in [-0.3, -0.25) is 4.90 Å². The average molecular weight is 219 g/mol. The van der Waals surface area contributed by atoms with Crippen molar-refractivity contribution in [2.24, 2.45) is 0 Å². The van der Waals surface area contributed by atoms with Crippen molar-refractivity contribution in [1.82, 2.24) is 14.9 Å². The van der Waals surface area contributed by atoms with Gasteiger partial charge in [0.2, 0.25) is 0 Å². The summed E-state index contributed by atoms with van der Waals surface area (Å²) >= 11 is 0. The van der Waals surface area contributed by atoms with E-state index in [1.165, 1.54) is 19.4 Å². The maximum atomic E-state index is 4.51. The SMILES string of the molecule is Cc1cc(CN2CCCC2(C)C)nc(C)n1. The minimum absolute atomic E-state index is 0.326. The van der Waals surface area contributed by atoms with Crippen molar-refractivity contribution in [2.75, 3.05) is 6.54 Å².